The van der Waals surface area contributed by atoms with Crippen LogP contribution in [0.3, 0.4) is 0 Å². The zero-order chi connectivity index (χ0) is 20.6. The monoisotopic (exact) mass is 392 g/mol. The molecule has 0 spiro atoms. The average molecular weight is 392 g/mol. The molecule has 148 valence electrons. The van der Waals surface area contributed by atoms with Crippen LogP contribution in [0.1, 0.15) is 33.3 Å². The van der Waals surface area contributed by atoms with Crippen LogP contribution in [-0.4, -0.2) is 45.1 Å². The zero-order valence-electron chi connectivity index (χ0n) is 15.2. The lowest BCUT2D eigenvalue weighted by Gasteiger charge is -2.37. The molecule has 1 aromatic carbocycles. The van der Waals surface area contributed by atoms with E-state index in [4.69, 9.17) is 0 Å². The zero-order valence-corrected chi connectivity index (χ0v) is 15.2. The molecular weight excluding hydrogens is 374 g/mol. The molecule has 2 heterocycles. The number of carbonyl (C=O) groups excluding carboxylic acids is 2. The molecule has 1 aliphatic heterocycles. The summed E-state index contributed by atoms with van der Waals surface area (Å²) in [7, 11) is 1.51. The van der Waals surface area contributed by atoms with Gasteiger partial charge in [0, 0.05) is 38.0 Å². The minimum Gasteiger partial charge on any atom is -0.503 e. The third-order valence-electron chi connectivity index (χ3n) is 4.56. The minimum absolute atomic E-state index is 0.0333. The number of pyridine rings is 1. The van der Waals surface area contributed by atoms with Crippen LogP contribution in [0, 0.1) is 11.6 Å². The Hall–Kier alpha value is -3.27. The Morgan fingerprint density at radius 1 is 1.29 bits per heavy atom. The lowest BCUT2D eigenvalue weighted by molar-refractivity contribution is -0.0249. The molecule has 2 N–H and O–H groups in total. The molecule has 0 unspecified atom stereocenters. The van der Waals surface area contributed by atoms with Gasteiger partial charge in [0.15, 0.2) is 11.4 Å². The first-order valence-electron chi connectivity index (χ1n) is 8.46. The summed E-state index contributed by atoms with van der Waals surface area (Å²) in [4.78, 5) is 37.2. The third-order valence-corrected chi connectivity index (χ3v) is 4.56. The minimum atomic E-state index is -1.00. The maximum Gasteiger partial charge on any atom is 0.288 e. The molecule has 2 aromatic rings. The van der Waals surface area contributed by atoms with Crippen LogP contribution < -0.4 is 10.7 Å². The van der Waals surface area contributed by atoms with Crippen molar-refractivity contribution in [2.24, 2.45) is 0 Å². The summed E-state index contributed by atoms with van der Waals surface area (Å²) in [5, 5.41) is 15.5. The van der Waals surface area contributed by atoms with E-state index >= 15 is 0 Å². The van der Waals surface area contributed by atoms with E-state index in [1.165, 1.54) is 28.9 Å². The molecule has 0 radical (unpaired) electrons. The molecular formula is C18H18F2N4O4. The van der Waals surface area contributed by atoms with Crippen molar-refractivity contribution in [2.75, 3.05) is 13.6 Å². The van der Waals surface area contributed by atoms with Crippen LogP contribution in [0.4, 0.5) is 8.78 Å². The van der Waals surface area contributed by atoms with Gasteiger partial charge in [-0.3, -0.25) is 19.4 Å². The standard InChI is InChI=1S/C18H18F2N4O4/c1-3-24-9-23-8-12(15(25)16(26)14(23)18(28)22(24)2)17(27)21-7-10-4-5-11(19)6-13(10)20/h4-6,8,26H,3,7,9H2,1-2H3,(H,21,27). The number of aromatic nitrogens is 1. The van der Waals surface area contributed by atoms with Gasteiger partial charge in [0.1, 0.15) is 17.2 Å². The number of rotatable bonds is 4. The molecule has 0 saturated heterocycles. The van der Waals surface area contributed by atoms with Crippen LogP contribution in [-0.2, 0) is 13.2 Å². The Morgan fingerprint density at radius 3 is 2.64 bits per heavy atom. The normalized spacial score (nSPS) is 14.1. The van der Waals surface area contributed by atoms with Crippen LogP contribution in [0.25, 0.3) is 0 Å². The van der Waals surface area contributed by atoms with Gasteiger partial charge in [-0.05, 0) is 6.07 Å². The predicted molar refractivity (Wildman–Crippen MR) is 94.4 cm³/mol. The lowest BCUT2D eigenvalue weighted by atomic mass is 10.1. The molecule has 3 rings (SSSR count). The van der Waals surface area contributed by atoms with Gasteiger partial charge in [0.05, 0.1) is 6.67 Å². The van der Waals surface area contributed by atoms with Gasteiger partial charge in [0.2, 0.25) is 5.43 Å². The Labute approximate surface area is 158 Å². The van der Waals surface area contributed by atoms with Crippen LogP contribution >= 0.6 is 0 Å². The van der Waals surface area contributed by atoms with Gasteiger partial charge in [0.25, 0.3) is 11.8 Å². The number of hydrogen-bond donors (Lipinski definition) is 2. The fourth-order valence-electron chi connectivity index (χ4n) is 2.95. The Morgan fingerprint density at radius 2 is 2.00 bits per heavy atom. The number of benzene rings is 1. The Balaban J connectivity index is 1.90. The highest BCUT2D eigenvalue weighted by Gasteiger charge is 2.32. The number of hydrogen-bond acceptors (Lipinski definition) is 5. The Kier molecular flexibility index (Phi) is 5.14. The van der Waals surface area contributed by atoms with Crippen molar-refractivity contribution in [1.29, 1.82) is 0 Å². The second-order valence-electron chi connectivity index (χ2n) is 6.25. The number of nitrogens with one attached hydrogen (secondary N) is 1. The molecule has 28 heavy (non-hydrogen) atoms. The van der Waals surface area contributed by atoms with E-state index in [-0.39, 0.29) is 24.5 Å². The Bertz CT molecular complexity index is 1020. The first kappa shape index (κ1) is 19.5. The van der Waals surface area contributed by atoms with Gasteiger partial charge in [-0.2, -0.15) is 5.01 Å². The van der Waals surface area contributed by atoms with E-state index in [9.17, 15) is 28.3 Å². The first-order valence-corrected chi connectivity index (χ1v) is 8.46. The SMILES string of the molecule is CCN1Cn2cc(C(=O)NCc3ccc(F)cc3F)c(=O)c(O)c2C(=O)N1C. The van der Waals surface area contributed by atoms with Gasteiger partial charge in [-0.1, -0.05) is 13.0 Å². The second-order valence-corrected chi connectivity index (χ2v) is 6.25. The summed E-state index contributed by atoms with van der Waals surface area (Å²) >= 11 is 0. The molecule has 0 aliphatic carbocycles. The fourth-order valence-corrected chi connectivity index (χ4v) is 2.95. The number of halogens is 2. The average Bonchev–Trinajstić information content (AvgIpc) is 2.66. The van der Waals surface area contributed by atoms with E-state index in [0.717, 1.165) is 6.07 Å². The quantitative estimate of drug-likeness (QED) is 0.811. The number of carbonyl (C=O) groups is 2. The molecule has 0 bridgehead atoms. The number of aromatic hydroxyl groups is 1. The number of fused-ring (bicyclic) bond motifs is 1. The molecule has 10 heteroatoms. The summed E-state index contributed by atoms with van der Waals surface area (Å²) in [6.07, 6.45) is 1.18. The molecule has 0 saturated carbocycles. The maximum atomic E-state index is 13.7. The van der Waals surface area contributed by atoms with Crippen LogP contribution in [0.5, 0.6) is 5.75 Å². The molecule has 1 aliphatic rings. The number of amides is 2. The first-order chi connectivity index (χ1) is 13.2. The van der Waals surface area contributed by atoms with Crippen molar-refractivity contribution in [1.82, 2.24) is 19.9 Å². The molecule has 0 atom stereocenters. The van der Waals surface area contributed by atoms with Crippen molar-refractivity contribution >= 4 is 11.8 Å². The summed E-state index contributed by atoms with van der Waals surface area (Å²) in [6.45, 7) is 2.17. The topological polar surface area (TPSA) is 94.9 Å². The van der Waals surface area contributed by atoms with Gasteiger partial charge in [-0.25, -0.2) is 8.78 Å². The molecule has 1 aromatic heterocycles. The van der Waals surface area contributed by atoms with E-state index in [1.807, 2.05) is 6.92 Å². The van der Waals surface area contributed by atoms with Crippen LogP contribution in [0.2, 0.25) is 0 Å². The van der Waals surface area contributed by atoms with Crippen molar-refractivity contribution in [3.05, 3.63) is 63.1 Å². The van der Waals surface area contributed by atoms with E-state index in [1.54, 1.807) is 5.01 Å². The summed E-state index contributed by atoms with van der Waals surface area (Å²) in [5.74, 6) is -3.84. The van der Waals surface area contributed by atoms with Crippen molar-refractivity contribution in [2.45, 2.75) is 20.1 Å². The summed E-state index contributed by atoms with van der Waals surface area (Å²) < 4.78 is 28.0. The number of hydrazine groups is 1. The highest BCUT2D eigenvalue weighted by molar-refractivity contribution is 5.98. The molecule has 0 fully saturated rings. The van der Waals surface area contributed by atoms with E-state index < -0.39 is 40.2 Å². The van der Waals surface area contributed by atoms with E-state index in [2.05, 4.69) is 5.32 Å². The molecule has 2 amide bonds. The lowest BCUT2D eigenvalue weighted by Crippen LogP contribution is -2.50. The van der Waals surface area contributed by atoms with Crippen molar-refractivity contribution in [3.63, 3.8) is 0 Å². The van der Waals surface area contributed by atoms with Crippen molar-refractivity contribution in [3.8, 4) is 5.75 Å². The third kappa shape index (κ3) is 3.33. The summed E-state index contributed by atoms with van der Waals surface area (Å²) in [6, 6.07) is 2.91. The second kappa shape index (κ2) is 7.39. The number of nitrogens with zero attached hydrogens (tertiary/aromatic N) is 3. The maximum absolute atomic E-state index is 13.7. The predicted octanol–water partition coefficient (Wildman–Crippen LogP) is 1.04. The van der Waals surface area contributed by atoms with Gasteiger partial charge in [-0.15, -0.1) is 0 Å². The van der Waals surface area contributed by atoms with Crippen molar-refractivity contribution < 1.29 is 23.5 Å². The fraction of sp³-hybridized carbons (Fsp3) is 0.278. The highest BCUT2D eigenvalue weighted by Crippen LogP contribution is 2.21. The highest BCUT2D eigenvalue weighted by atomic mass is 19.1. The van der Waals surface area contributed by atoms with Gasteiger partial charge < -0.3 is 15.0 Å². The summed E-state index contributed by atoms with van der Waals surface area (Å²) in [5.41, 5.74) is -1.57. The molecule has 8 nitrogen and oxygen atoms in total. The largest absolute Gasteiger partial charge is 0.503 e. The smallest absolute Gasteiger partial charge is 0.288 e. The van der Waals surface area contributed by atoms with Crippen LogP contribution in [0.15, 0.2) is 29.2 Å². The van der Waals surface area contributed by atoms with Gasteiger partial charge >= 0.3 is 0 Å². The van der Waals surface area contributed by atoms with E-state index in [0.29, 0.717) is 12.6 Å².